The number of aryl methyl sites for hydroxylation is 1. The highest BCUT2D eigenvalue weighted by Gasteiger charge is 2.14. The van der Waals surface area contributed by atoms with Crippen molar-refractivity contribution >= 4 is 10.8 Å². The second-order valence-corrected chi connectivity index (χ2v) is 6.76. The van der Waals surface area contributed by atoms with Crippen molar-refractivity contribution in [1.82, 2.24) is 9.97 Å². The molecule has 1 heterocycles. The molecule has 3 aromatic carbocycles. The molecule has 7 heteroatoms. The van der Waals surface area contributed by atoms with E-state index in [4.69, 9.17) is 0 Å². The van der Waals surface area contributed by atoms with Gasteiger partial charge in [0.25, 0.3) is 0 Å². The lowest BCUT2D eigenvalue weighted by molar-refractivity contribution is 0.453. The Morgan fingerprint density at radius 2 is 1.45 bits per heavy atom. The molecule has 0 spiro atoms. The lowest BCUT2D eigenvalue weighted by Gasteiger charge is -2.04. The molecule has 0 fully saturated rings. The van der Waals surface area contributed by atoms with Crippen LogP contribution in [0.1, 0.15) is 23.6 Å². The maximum Gasteiger partial charge on any atom is 0.195 e. The number of halogens is 5. The van der Waals surface area contributed by atoms with E-state index in [1.54, 1.807) is 12.4 Å². The molecule has 4 aromatic rings. The maximum atomic E-state index is 14.5. The van der Waals surface area contributed by atoms with Crippen molar-refractivity contribution in [3.8, 4) is 23.2 Å². The third-order valence-electron chi connectivity index (χ3n) is 4.72. The summed E-state index contributed by atoms with van der Waals surface area (Å²) in [6, 6.07) is 6.89. The molecule has 4 rings (SSSR count). The molecule has 0 N–H and O–H groups in total. The first-order valence-corrected chi connectivity index (χ1v) is 9.27. The van der Waals surface area contributed by atoms with Gasteiger partial charge in [-0.1, -0.05) is 24.8 Å². The summed E-state index contributed by atoms with van der Waals surface area (Å²) in [4.78, 5) is 8.21. The normalized spacial score (nSPS) is 10.8. The van der Waals surface area contributed by atoms with Gasteiger partial charge >= 0.3 is 0 Å². The minimum Gasteiger partial charge on any atom is -0.236 e. The van der Waals surface area contributed by atoms with Crippen molar-refractivity contribution in [1.29, 1.82) is 0 Å². The molecule has 0 amide bonds. The minimum atomic E-state index is -1.57. The quantitative estimate of drug-likeness (QED) is 0.226. The Bertz CT molecular complexity index is 1350. The topological polar surface area (TPSA) is 25.8 Å². The Hall–Kier alpha value is -3.79. The fourth-order valence-corrected chi connectivity index (χ4v) is 3.03. The molecule has 0 saturated heterocycles. The molecule has 154 valence electrons. The average Bonchev–Trinajstić information content (AvgIpc) is 2.77. The second kappa shape index (κ2) is 8.15. The average molecular weight is 424 g/mol. The molecule has 0 aliphatic heterocycles. The summed E-state index contributed by atoms with van der Waals surface area (Å²) >= 11 is 0. The van der Waals surface area contributed by atoms with Crippen molar-refractivity contribution in [2.75, 3.05) is 0 Å². The van der Waals surface area contributed by atoms with Gasteiger partial charge in [0.05, 0.1) is 5.56 Å². The van der Waals surface area contributed by atoms with E-state index in [0.29, 0.717) is 0 Å². The van der Waals surface area contributed by atoms with Crippen molar-refractivity contribution in [2.24, 2.45) is 0 Å². The SMILES string of the molecule is CCc1cnc(-c2cc(F)c(C#Cc3ccc4c(F)c(F)c(F)cc4c3)c(F)c2)nc1. The number of fused-ring (bicyclic) bond motifs is 1. The van der Waals surface area contributed by atoms with Crippen LogP contribution in [0.5, 0.6) is 0 Å². The molecular weight excluding hydrogens is 411 g/mol. The van der Waals surface area contributed by atoms with Gasteiger partial charge in [-0.05, 0) is 47.7 Å². The Balaban J connectivity index is 1.69. The van der Waals surface area contributed by atoms with E-state index < -0.39 is 34.6 Å². The van der Waals surface area contributed by atoms with E-state index in [9.17, 15) is 22.0 Å². The third-order valence-corrected chi connectivity index (χ3v) is 4.72. The van der Waals surface area contributed by atoms with Crippen LogP contribution >= 0.6 is 0 Å². The Morgan fingerprint density at radius 3 is 2.10 bits per heavy atom. The Labute approximate surface area is 174 Å². The molecule has 0 radical (unpaired) electrons. The zero-order valence-corrected chi connectivity index (χ0v) is 16.1. The summed E-state index contributed by atoms with van der Waals surface area (Å²) in [6.07, 6.45) is 3.91. The Kier molecular flexibility index (Phi) is 5.38. The fourth-order valence-electron chi connectivity index (χ4n) is 3.03. The van der Waals surface area contributed by atoms with Gasteiger partial charge in [-0.3, -0.25) is 0 Å². The van der Waals surface area contributed by atoms with E-state index in [1.165, 1.54) is 18.2 Å². The molecule has 0 bridgehead atoms. The van der Waals surface area contributed by atoms with Gasteiger partial charge in [-0.25, -0.2) is 31.9 Å². The standard InChI is InChI=1S/C24H13F5N2/c1-2-13-11-30-24(31-12-13)16-9-19(25)18(20(26)10-16)6-4-14-3-5-17-15(7-14)8-21(27)23(29)22(17)28/h3,5,7-12H,2H2,1H3. The largest absolute Gasteiger partial charge is 0.236 e. The summed E-state index contributed by atoms with van der Waals surface area (Å²) in [5, 5.41) is -0.0487. The highest BCUT2D eigenvalue weighted by molar-refractivity contribution is 5.84. The number of benzene rings is 3. The fraction of sp³-hybridized carbons (Fsp3) is 0.0833. The zero-order chi connectivity index (χ0) is 22.1. The molecule has 0 saturated carbocycles. The number of hydrogen-bond acceptors (Lipinski definition) is 2. The van der Waals surface area contributed by atoms with Crippen molar-refractivity contribution in [3.05, 3.63) is 94.6 Å². The summed E-state index contributed by atoms with van der Waals surface area (Å²) < 4.78 is 69.6. The van der Waals surface area contributed by atoms with Crippen LogP contribution in [0.15, 0.2) is 48.8 Å². The van der Waals surface area contributed by atoms with Crippen LogP contribution in [-0.2, 0) is 6.42 Å². The zero-order valence-electron chi connectivity index (χ0n) is 16.1. The highest BCUT2D eigenvalue weighted by Crippen LogP contribution is 2.25. The van der Waals surface area contributed by atoms with Gasteiger partial charge in [0, 0.05) is 28.9 Å². The van der Waals surface area contributed by atoms with Gasteiger partial charge in [-0.15, -0.1) is 0 Å². The lowest BCUT2D eigenvalue weighted by Crippen LogP contribution is -1.96. The maximum absolute atomic E-state index is 14.5. The first kappa shape index (κ1) is 20.5. The highest BCUT2D eigenvalue weighted by atomic mass is 19.2. The molecule has 31 heavy (non-hydrogen) atoms. The second-order valence-electron chi connectivity index (χ2n) is 6.76. The summed E-state index contributed by atoms with van der Waals surface area (Å²) in [5.74, 6) is -0.865. The molecule has 0 aliphatic rings. The monoisotopic (exact) mass is 424 g/mol. The van der Waals surface area contributed by atoms with Crippen molar-refractivity contribution in [2.45, 2.75) is 13.3 Å². The van der Waals surface area contributed by atoms with Crippen LogP contribution in [-0.4, -0.2) is 9.97 Å². The smallest absolute Gasteiger partial charge is 0.195 e. The number of hydrogen-bond donors (Lipinski definition) is 0. The van der Waals surface area contributed by atoms with Gasteiger partial charge < -0.3 is 0 Å². The number of rotatable bonds is 2. The molecule has 0 aliphatic carbocycles. The molecule has 0 unspecified atom stereocenters. The summed E-state index contributed by atoms with van der Waals surface area (Å²) in [5.41, 5.74) is 0.844. The number of nitrogens with zero attached hydrogens (tertiary/aromatic N) is 2. The predicted molar refractivity (Wildman–Crippen MR) is 107 cm³/mol. The van der Waals surface area contributed by atoms with Crippen LogP contribution in [0.2, 0.25) is 0 Å². The van der Waals surface area contributed by atoms with Crippen molar-refractivity contribution < 1.29 is 22.0 Å². The summed E-state index contributed by atoms with van der Waals surface area (Å²) in [6.45, 7) is 1.94. The molecule has 0 atom stereocenters. The lowest BCUT2D eigenvalue weighted by atomic mass is 10.1. The van der Waals surface area contributed by atoms with Crippen LogP contribution in [0.25, 0.3) is 22.2 Å². The molecule has 1 aromatic heterocycles. The van der Waals surface area contributed by atoms with Crippen LogP contribution in [0.4, 0.5) is 22.0 Å². The van der Waals surface area contributed by atoms with Gasteiger partial charge in [0.1, 0.15) is 11.6 Å². The summed E-state index contributed by atoms with van der Waals surface area (Å²) in [7, 11) is 0. The first-order valence-electron chi connectivity index (χ1n) is 9.27. The first-order chi connectivity index (χ1) is 14.9. The third kappa shape index (κ3) is 3.97. The van der Waals surface area contributed by atoms with E-state index in [0.717, 1.165) is 30.2 Å². The minimum absolute atomic E-state index is 0.0761. The van der Waals surface area contributed by atoms with Gasteiger partial charge in [0.2, 0.25) is 0 Å². The van der Waals surface area contributed by atoms with E-state index in [2.05, 4.69) is 21.8 Å². The molecular formula is C24H13F5N2. The van der Waals surface area contributed by atoms with Crippen LogP contribution < -0.4 is 0 Å². The van der Waals surface area contributed by atoms with Gasteiger partial charge in [0.15, 0.2) is 23.3 Å². The van der Waals surface area contributed by atoms with Crippen LogP contribution in [0.3, 0.4) is 0 Å². The van der Waals surface area contributed by atoms with E-state index in [-0.39, 0.29) is 27.7 Å². The molecule has 2 nitrogen and oxygen atoms in total. The van der Waals surface area contributed by atoms with Crippen molar-refractivity contribution in [3.63, 3.8) is 0 Å². The van der Waals surface area contributed by atoms with Crippen LogP contribution in [0, 0.1) is 40.9 Å². The predicted octanol–water partition coefficient (Wildman–Crippen LogP) is 5.95. The number of aromatic nitrogens is 2. The van der Waals surface area contributed by atoms with E-state index in [1.807, 2.05) is 6.92 Å². The Morgan fingerprint density at radius 1 is 0.774 bits per heavy atom. The van der Waals surface area contributed by atoms with Gasteiger partial charge in [-0.2, -0.15) is 0 Å². The van der Waals surface area contributed by atoms with E-state index >= 15 is 0 Å².